The summed E-state index contributed by atoms with van der Waals surface area (Å²) in [6.45, 7) is 4.25. The monoisotopic (exact) mass is 356 g/mol. The third-order valence-corrected chi connectivity index (χ3v) is 4.72. The van der Waals surface area contributed by atoms with Gasteiger partial charge in [-0.15, -0.1) is 0 Å². The van der Waals surface area contributed by atoms with E-state index in [0.717, 1.165) is 6.42 Å². The molecule has 0 saturated heterocycles. The van der Waals surface area contributed by atoms with E-state index in [1.807, 2.05) is 18.2 Å². The molecule has 0 aliphatic heterocycles. The van der Waals surface area contributed by atoms with Crippen molar-refractivity contribution in [3.05, 3.63) is 68.7 Å². The van der Waals surface area contributed by atoms with Crippen LogP contribution in [0.25, 0.3) is 0 Å². The second-order valence-electron chi connectivity index (χ2n) is 4.78. The van der Waals surface area contributed by atoms with Crippen LogP contribution in [0.1, 0.15) is 27.1 Å². The minimum Gasteiger partial charge on any atom is -0.0835 e. The number of rotatable bonds is 3. The Hall–Kier alpha value is -0.500. The van der Waals surface area contributed by atoms with Crippen molar-refractivity contribution in [2.24, 2.45) is 0 Å². The van der Waals surface area contributed by atoms with E-state index in [4.69, 9.17) is 23.2 Å². The highest BCUT2D eigenvalue weighted by Crippen LogP contribution is 2.31. The summed E-state index contributed by atoms with van der Waals surface area (Å²) in [5, 5.41) is 1.21. The van der Waals surface area contributed by atoms with E-state index in [2.05, 4.69) is 48.0 Å². The van der Waals surface area contributed by atoms with Crippen molar-refractivity contribution in [3.8, 4) is 0 Å². The van der Waals surface area contributed by atoms with E-state index in [0.29, 0.717) is 10.0 Å². The van der Waals surface area contributed by atoms with E-state index in [9.17, 15) is 0 Å². The number of hydrogen-bond donors (Lipinski definition) is 0. The van der Waals surface area contributed by atoms with Crippen LogP contribution in [-0.4, -0.2) is 0 Å². The first-order chi connectivity index (χ1) is 8.97. The van der Waals surface area contributed by atoms with Crippen LogP contribution in [-0.2, 0) is 6.42 Å². The fourth-order valence-corrected chi connectivity index (χ4v) is 3.37. The third-order valence-electron chi connectivity index (χ3n) is 3.16. The predicted octanol–water partition coefficient (Wildman–Crippen LogP) is 6.29. The average Bonchev–Trinajstić information content (AvgIpc) is 2.33. The van der Waals surface area contributed by atoms with E-state index in [1.165, 1.54) is 22.3 Å². The van der Waals surface area contributed by atoms with Crippen LogP contribution in [0.2, 0.25) is 10.0 Å². The summed E-state index contributed by atoms with van der Waals surface area (Å²) in [4.78, 5) is 0.283. The standard InChI is InChI=1S/C16H15BrCl2/c1-10-3-5-13(11(2)7-10)14(17)8-12-4-6-15(18)16(19)9-12/h3-7,9,14H,8H2,1-2H3. The van der Waals surface area contributed by atoms with Gasteiger partial charge in [-0.1, -0.05) is 69.0 Å². The lowest BCUT2D eigenvalue weighted by Gasteiger charge is -2.14. The van der Waals surface area contributed by atoms with Gasteiger partial charge in [0.05, 0.1) is 10.0 Å². The molecule has 0 nitrogen and oxygen atoms in total. The number of aryl methyl sites for hydroxylation is 2. The van der Waals surface area contributed by atoms with Crippen LogP contribution >= 0.6 is 39.1 Å². The van der Waals surface area contributed by atoms with Gasteiger partial charge in [0, 0.05) is 4.83 Å². The fourth-order valence-electron chi connectivity index (χ4n) is 2.16. The molecule has 0 spiro atoms. The van der Waals surface area contributed by atoms with Crippen molar-refractivity contribution in [3.63, 3.8) is 0 Å². The number of halogens is 3. The quantitative estimate of drug-likeness (QED) is 0.566. The van der Waals surface area contributed by atoms with Crippen LogP contribution in [0.5, 0.6) is 0 Å². The Morgan fingerprint density at radius 3 is 2.37 bits per heavy atom. The van der Waals surface area contributed by atoms with Gasteiger partial charge in [0.15, 0.2) is 0 Å². The summed E-state index contributed by atoms with van der Waals surface area (Å²) < 4.78 is 0. The molecule has 0 N–H and O–H groups in total. The molecule has 3 heteroatoms. The smallest absolute Gasteiger partial charge is 0.0595 e. The van der Waals surface area contributed by atoms with E-state index < -0.39 is 0 Å². The van der Waals surface area contributed by atoms with E-state index >= 15 is 0 Å². The van der Waals surface area contributed by atoms with Crippen molar-refractivity contribution in [2.45, 2.75) is 25.1 Å². The van der Waals surface area contributed by atoms with Gasteiger partial charge < -0.3 is 0 Å². The first-order valence-corrected chi connectivity index (χ1v) is 7.79. The molecule has 0 aliphatic carbocycles. The highest BCUT2D eigenvalue weighted by Gasteiger charge is 2.12. The summed E-state index contributed by atoms with van der Waals surface area (Å²) in [6.07, 6.45) is 0.890. The molecule has 0 radical (unpaired) electrons. The molecule has 2 aromatic rings. The predicted molar refractivity (Wildman–Crippen MR) is 87.8 cm³/mol. The molecule has 0 heterocycles. The van der Waals surface area contributed by atoms with Gasteiger partial charge in [-0.05, 0) is 49.1 Å². The lowest BCUT2D eigenvalue weighted by Crippen LogP contribution is -1.98. The van der Waals surface area contributed by atoms with Crippen LogP contribution in [0.4, 0.5) is 0 Å². The molecule has 1 unspecified atom stereocenters. The van der Waals surface area contributed by atoms with Gasteiger partial charge in [-0.25, -0.2) is 0 Å². The Labute approximate surface area is 132 Å². The highest BCUT2D eigenvalue weighted by molar-refractivity contribution is 9.09. The van der Waals surface area contributed by atoms with Crippen molar-refractivity contribution in [1.29, 1.82) is 0 Å². The summed E-state index contributed by atoms with van der Waals surface area (Å²) in [7, 11) is 0. The van der Waals surface area contributed by atoms with Crippen molar-refractivity contribution in [1.82, 2.24) is 0 Å². The van der Waals surface area contributed by atoms with E-state index in [-0.39, 0.29) is 4.83 Å². The Morgan fingerprint density at radius 1 is 1.00 bits per heavy atom. The van der Waals surface area contributed by atoms with Gasteiger partial charge in [0.1, 0.15) is 0 Å². The molecule has 2 rings (SSSR count). The zero-order valence-corrected chi connectivity index (χ0v) is 14.0. The molecule has 0 aromatic heterocycles. The summed E-state index contributed by atoms with van der Waals surface area (Å²) in [6, 6.07) is 12.3. The number of benzene rings is 2. The Bertz CT molecular complexity index is 593. The maximum Gasteiger partial charge on any atom is 0.0595 e. The lowest BCUT2D eigenvalue weighted by molar-refractivity contribution is 0.937. The van der Waals surface area contributed by atoms with Crippen molar-refractivity contribution >= 4 is 39.1 Å². The zero-order chi connectivity index (χ0) is 14.0. The molecule has 0 aliphatic rings. The maximum atomic E-state index is 6.05. The fraction of sp³-hybridized carbons (Fsp3) is 0.250. The van der Waals surface area contributed by atoms with Crippen LogP contribution < -0.4 is 0 Å². The molecule has 0 saturated carbocycles. The van der Waals surface area contributed by atoms with Gasteiger partial charge in [0.25, 0.3) is 0 Å². The van der Waals surface area contributed by atoms with Crippen LogP contribution in [0.3, 0.4) is 0 Å². The SMILES string of the molecule is Cc1ccc(C(Br)Cc2ccc(Cl)c(Cl)c2)c(C)c1. The van der Waals surface area contributed by atoms with Gasteiger partial charge >= 0.3 is 0 Å². The summed E-state index contributed by atoms with van der Waals surface area (Å²) in [5.74, 6) is 0. The number of hydrogen-bond acceptors (Lipinski definition) is 0. The molecular weight excluding hydrogens is 343 g/mol. The summed E-state index contributed by atoms with van der Waals surface area (Å²) in [5.41, 5.74) is 5.09. The first kappa shape index (κ1) is 14.9. The average molecular weight is 358 g/mol. The Kier molecular flexibility index (Phi) is 4.94. The zero-order valence-electron chi connectivity index (χ0n) is 10.9. The molecule has 100 valence electrons. The van der Waals surface area contributed by atoms with E-state index in [1.54, 1.807) is 0 Å². The van der Waals surface area contributed by atoms with Crippen molar-refractivity contribution < 1.29 is 0 Å². The molecule has 2 aromatic carbocycles. The molecule has 19 heavy (non-hydrogen) atoms. The molecule has 0 amide bonds. The minimum absolute atomic E-state index is 0.283. The highest BCUT2D eigenvalue weighted by atomic mass is 79.9. The second kappa shape index (κ2) is 6.30. The Morgan fingerprint density at radius 2 is 1.74 bits per heavy atom. The molecule has 0 bridgehead atoms. The minimum atomic E-state index is 0.283. The van der Waals surface area contributed by atoms with Gasteiger partial charge in [-0.3, -0.25) is 0 Å². The topological polar surface area (TPSA) is 0 Å². The number of alkyl halides is 1. The molecular formula is C16H15BrCl2. The lowest BCUT2D eigenvalue weighted by atomic mass is 9.99. The third kappa shape index (κ3) is 3.75. The van der Waals surface area contributed by atoms with Crippen LogP contribution in [0, 0.1) is 13.8 Å². The largest absolute Gasteiger partial charge is 0.0835 e. The normalized spacial score (nSPS) is 12.5. The Balaban J connectivity index is 2.20. The second-order valence-corrected chi connectivity index (χ2v) is 6.70. The van der Waals surface area contributed by atoms with Crippen molar-refractivity contribution in [2.75, 3.05) is 0 Å². The maximum absolute atomic E-state index is 6.05. The van der Waals surface area contributed by atoms with Gasteiger partial charge in [0.2, 0.25) is 0 Å². The molecule has 1 atom stereocenters. The van der Waals surface area contributed by atoms with Gasteiger partial charge in [-0.2, -0.15) is 0 Å². The summed E-state index contributed by atoms with van der Waals surface area (Å²) >= 11 is 15.7. The first-order valence-electron chi connectivity index (χ1n) is 6.12. The molecule has 0 fully saturated rings. The van der Waals surface area contributed by atoms with Crippen LogP contribution in [0.15, 0.2) is 36.4 Å².